The molecule has 2 N–H and O–H groups in total. The van der Waals surface area contributed by atoms with Crippen LogP contribution >= 0.6 is 11.6 Å². The van der Waals surface area contributed by atoms with Crippen molar-refractivity contribution < 1.29 is 27.8 Å². The average Bonchev–Trinajstić information content (AvgIpc) is 3.48. The van der Waals surface area contributed by atoms with Crippen LogP contribution in [0.3, 0.4) is 0 Å². The highest BCUT2D eigenvalue weighted by atomic mass is 35.5. The van der Waals surface area contributed by atoms with E-state index >= 15 is 0 Å². The number of nitrogens with one attached hydrogen (secondary N) is 1. The van der Waals surface area contributed by atoms with Gasteiger partial charge in [0.1, 0.15) is 47.9 Å². The second kappa shape index (κ2) is 14.6. The Morgan fingerprint density at radius 2 is 1.75 bits per heavy atom. The first kappa shape index (κ1) is 33.3. The van der Waals surface area contributed by atoms with Gasteiger partial charge in [0, 0.05) is 56.0 Å². The summed E-state index contributed by atoms with van der Waals surface area (Å²) in [5, 5.41) is 13.9. The van der Waals surface area contributed by atoms with Crippen LogP contribution in [0.5, 0.6) is 5.75 Å². The van der Waals surface area contributed by atoms with E-state index < -0.39 is 23.6 Å². The van der Waals surface area contributed by atoms with Gasteiger partial charge in [-0.3, -0.25) is 9.88 Å². The van der Waals surface area contributed by atoms with Crippen molar-refractivity contribution in [1.82, 2.24) is 24.8 Å². The lowest BCUT2D eigenvalue weighted by molar-refractivity contribution is -0.137. The minimum Gasteiger partial charge on any atom is -0.491 e. The lowest BCUT2D eigenvalue weighted by atomic mass is 9.95. The Morgan fingerprint density at radius 3 is 2.44 bits per heavy atom. The summed E-state index contributed by atoms with van der Waals surface area (Å²) in [5.74, 6) is -0.993. The van der Waals surface area contributed by atoms with Gasteiger partial charge in [-0.2, -0.15) is 0 Å². The summed E-state index contributed by atoms with van der Waals surface area (Å²) in [7, 11) is 0. The number of fused-ring (bicyclic) bond motifs is 1. The lowest BCUT2D eigenvalue weighted by Gasteiger charge is -2.33. The molecule has 2 aromatic carbocycles. The van der Waals surface area contributed by atoms with Gasteiger partial charge in [0.05, 0.1) is 16.6 Å². The highest BCUT2D eigenvalue weighted by molar-refractivity contribution is 6.33. The maximum atomic E-state index is 13.9. The van der Waals surface area contributed by atoms with Crippen LogP contribution < -0.4 is 10.1 Å². The van der Waals surface area contributed by atoms with Crippen molar-refractivity contribution in [2.45, 2.75) is 26.3 Å². The van der Waals surface area contributed by atoms with Gasteiger partial charge in [-0.05, 0) is 67.1 Å². The van der Waals surface area contributed by atoms with Crippen LogP contribution in [0.4, 0.5) is 14.6 Å². The topological polar surface area (TPSA) is 117 Å². The molecule has 0 bridgehead atoms. The van der Waals surface area contributed by atoms with Crippen molar-refractivity contribution in [3.8, 4) is 28.2 Å². The Hall–Kier alpha value is -4.65. The van der Waals surface area contributed by atoms with Gasteiger partial charge in [-0.25, -0.2) is 23.5 Å². The molecular weight excluding hydrogens is 642 g/mol. The van der Waals surface area contributed by atoms with Crippen molar-refractivity contribution in [1.29, 1.82) is 0 Å². The number of furan rings is 1. The van der Waals surface area contributed by atoms with Crippen molar-refractivity contribution in [3.05, 3.63) is 89.0 Å². The number of piperazine rings is 1. The minimum atomic E-state index is -1.18. The van der Waals surface area contributed by atoms with E-state index in [2.05, 4.69) is 37.0 Å². The molecule has 1 aliphatic heterocycles. The second-order valence-corrected chi connectivity index (χ2v) is 12.0. The minimum absolute atomic E-state index is 0.0513. The number of halogens is 3. The molecule has 13 heteroatoms. The fraction of sp³-hybridized carbons (Fsp3) is 0.314. The molecule has 4 heterocycles. The van der Waals surface area contributed by atoms with Crippen LogP contribution in [-0.2, 0) is 11.2 Å². The van der Waals surface area contributed by atoms with Crippen molar-refractivity contribution in [2.24, 2.45) is 0 Å². The van der Waals surface area contributed by atoms with Crippen LogP contribution in [0.15, 0.2) is 65.5 Å². The molecule has 0 aliphatic carbocycles. The number of hydrogen-bond acceptors (Lipinski definition) is 9. The smallest absolute Gasteiger partial charge is 0.326 e. The predicted octanol–water partition coefficient (Wildman–Crippen LogP) is 6.32. The number of likely N-dealkylation sites (N-methyl/N-ethyl adjacent to an activating group) is 1. The average molecular weight is 677 g/mol. The Balaban J connectivity index is 1.36. The largest absolute Gasteiger partial charge is 0.491 e. The number of nitrogens with zero attached hydrogens (tertiary/aromatic N) is 5. The number of carboxylic acid groups (broad SMARTS) is 1. The van der Waals surface area contributed by atoms with Gasteiger partial charge < -0.3 is 24.5 Å². The van der Waals surface area contributed by atoms with Crippen LogP contribution in [0.25, 0.3) is 33.6 Å². The summed E-state index contributed by atoms with van der Waals surface area (Å²) in [6.07, 6.45) is 2.25. The zero-order valence-electron chi connectivity index (χ0n) is 26.5. The van der Waals surface area contributed by atoms with E-state index in [9.17, 15) is 18.7 Å². The fourth-order valence-electron chi connectivity index (χ4n) is 5.86. The molecule has 0 radical (unpaired) electrons. The Morgan fingerprint density at radius 1 is 1.02 bits per heavy atom. The third-order valence-corrected chi connectivity index (χ3v) is 9.07. The van der Waals surface area contributed by atoms with E-state index in [4.69, 9.17) is 20.8 Å². The van der Waals surface area contributed by atoms with Gasteiger partial charge >= 0.3 is 5.97 Å². The number of ether oxygens (including phenoxy) is 1. The first-order valence-electron chi connectivity index (χ1n) is 15.7. The summed E-state index contributed by atoms with van der Waals surface area (Å²) in [6.45, 7) is 10.4. The van der Waals surface area contributed by atoms with E-state index in [-0.39, 0.29) is 18.0 Å². The maximum Gasteiger partial charge on any atom is 0.326 e. The monoisotopic (exact) mass is 676 g/mol. The Labute approximate surface area is 281 Å². The van der Waals surface area contributed by atoms with Gasteiger partial charge in [-0.15, -0.1) is 0 Å². The number of anilines is 1. The molecule has 10 nitrogen and oxygen atoms in total. The molecule has 48 heavy (non-hydrogen) atoms. The summed E-state index contributed by atoms with van der Waals surface area (Å²) in [6, 6.07) is 11.0. The van der Waals surface area contributed by atoms with Crippen LogP contribution in [0.2, 0.25) is 5.02 Å². The second-order valence-electron chi connectivity index (χ2n) is 11.6. The molecule has 1 fully saturated rings. The van der Waals surface area contributed by atoms with E-state index in [0.29, 0.717) is 56.5 Å². The third kappa shape index (κ3) is 7.25. The molecule has 1 unspecified atom stereocenters. The number of carboxylic acids is 1. The van der Waals surface area contributed by atoms with Crippen molar-refractivity contribution in [3.63, 3.8) is 0 Å². The summed E-state index contributed by atoms with van der Waals surface area (Å²) in [4.78, 5) is 29.9. The first-order chi connectivity index (χ1) is 23.2. The van der Waals surface area contributed by atoms with Crippen LogP contribution in [-0.4, -0.2) is 87.7 Å². The number of aliphatic carboxylic acids is 1. The molecular formula is C35H35ClF2N6O4. The highest BCUT2D eigenvalue weighted by Gasteiger charge is 2.28. The number of aromatic nitrogens is 3. The summed E-state index contributed by atoms with van der Waals surface area (Å²) in [5.41, 5.74) is 3.04. The van der Waals surface area contributed by atoms with Crippen LogP contribution in [0.1, 0.15) is 18.2 Å². The van der Waals surface area contributed by atoms with Gasteiger partial charge in [-0.1, -0.05) is 24.6 Å². The number of rotatable bonds is 12. The van der Waals surface area contributed by atoms with E-state index in [1.807, 2.05) is 13.0 Å². The van der Waals surface area contributed by atoms with Crippen molar-refractivity contribution >= 4 is 34.5 Å². The van der Waals surface area contributed by atoms with E-state index in [1.165, 1.54) is 30.6 Å². The van der Waals surface area contributed by atoms with E-state index in [1.54, 1.807) is 18.2 Å². The fourth-order valence-corrected chi connectivity index (χ4v) is 6.08. The molecule has 1 saturated heterocycles. The molecule has 6 rings (SSSR count). The molecule has 1 aliphatic rings. The van der Waals surface area contributed by atoms with Gasteiger partial charge in [0.15, 0.2) is 0 Å². The first-order valence-corrected chi connectivity index (χ1v) is 16.1. The molecule has 1 atom stereocenters. The van der Waals surface area contributed by atoms with Crippen molar-refractivity contribution in [2.75, 3.05) is 51.2 Å². The van der Waals surface area contributed by atoms with Crippen LogP contribution in [0, 0.1) is 18.6 Å². The highest BCUT2D eigenvalue weighted by Crippen LogP contribution is 2.46. The third-order valence-electron chi connectivity index (χ3n) is 8.60. The zero-order valence-corrected chi connectivity index (χ0v) is 27.3. The molecule has 0 amide bonds. The molecule has 0 spiro atoms. The lowest BCUT2D eigenvalue weighted by Crippen LogP contribution is -2.47. The SMILES string of the molecule is CCN1CCN(CCOc2ccc(-c3c(-c4ccc(F)cc4)oc4ncnc(NC(Cc5ccc(F)cn5)C(=O)O)c34)c(C)c2Cl)CC1. The zero-order chi connectivity index (χ0) is 33.8. The molecule has 0 saturated carbocycles. The number of hydrogen-bond donors (Lipinski definition) is 2. The number of benzene rings is 2. The summed E-state index contributed by atoms with van der Waals surface area (Å²) < 4.78 is 39.8. The number of carbonyl (C=O) groups is 1. The standard InChI is InChI=1S/C35H35ClF2N6O4/c1-3-43-12-14-44(15-13-43)16-17-47-28-11-10-26(21(2)31(28)36)29-30-33(42-27(35(45)46)18-25-9-8-24(38)19-39-25)40-20-41-34(30)48-32(29)22-4-6-23(37)7-5-22/h4-11,19-20,27H,3,12-18H2,1-2H3,(H,45,46)(H,40,41,42). The quantitative estimate of drug-likeness (QED) is 0.156. The van der Waals surface area contributed by atoms with Gasteiger partial charge in [0.2, 0.25) is 5.71 Å². The maximum absolute atomic E-state index is 13.9. The Kier molecular flexibility index (Phi) is 10.1. The predicted molar refractivity (Wildman–Crippen MR) is 179 cm³/mol. The number of pyridine rings is 1. The molecule has 250 valence electrons. The summed E-state index contributed by atoms with van der Waals surface area (Å²) >= 11 is 6.93. The van der Waals surface area contributed by atoms with E-state index in [0.717, 1.165) is 45.5 Å². The van der Waals surface area contributed by atoms with Gasteiger partial charge in [0.25, 0.3) is 0 Å². The Bertz CT molecular complexity index is 1900. The normalized spacial score (nSPS) is 14.7. The molecule has 3 aromatic heterocycles. The molecule has 5 aromatic rings.